The topological polar surface area (TPSA) is 34.2 Å². The van der Waals surface area contributed by atoms with Gasteiger partial charge >= 0.3 is 0 Å². The van der Waals surface area contributed by atoms with Crippen molar-refractivity contribution in [3.63, 3.8) is 0 Å². The number of methoxy groups -OCH3 is 1. The lowest BCUT2D eigenvalue weighted by molar-refractivity contribution is 0.137. The third kappa shape index (κ3) is 4.43. The smallest absolute Gasteiger partial charge is 0.231 e. The Morgan fingerprint density at radius 1 is 1.00 bits per heavy atom. The zero-order valence-electron chi connectivity index (χ0n) is 15.8. The molecular formula is C22H26N2O3. The van der Waals surface area contributed by atoms with Crippen LogP contribution in [0.2, 0.25) is 0 Å². The first-order valence-corrected chi connectivity index (χ1v) is 9.44. The zero-order valence-corrected chi connectivity index (χ0v) is 15.8. The summed E-state index contributed by atoms with van der Waals surface area (Å²) in [5.74, 6) is 2.26. The van der Waals surface area contributed by atoms with E-state index in [0.717, 1.165) is 56.5 Å². The number of hydrogen-bond donors (Lipinski definition) is 0. The quantitative estimate of drug-likeness (QED) is 0.784. The minimum absolute atomic E-state index is 0.268. The lowest BCUT2D eigenvalue weighted by Gasteiger charge is -2.34. The van der Waals surface area contributed by atoms with E-state index in [-0.39, 0.29) is 6.79 Å². The molecule has 1 saturated heterocycles. The van der Waals surface area contributed by atoms with Gasteiger partial charge in [-0.1, -0.05) is 42.5 Å². The van der Waals surface area contributed by atoms with Gasteiger partial charge in [-0.2, -0.15) is 0 Å². The van der Waals surface area contributed by atoms with E-state index >= 15 is 0 Å². The molecule has 2 heterocycles. The summed E-state index contributed by atoms with van der Waals surface area (Å²) in [7, 11) is 1.67. The number of piperazine rings is 1. The van der Waals surface area contributed by atoms with E-state index < -0.39 is 0 Å². The molecule has 5 nitrogen and oxygen atoms in total. The molecule has 0 aromatic heterocycles. The van der Waals surface area contributed by atoms with Crippen LogP contribution < -0.4 is 14.2 Å². The SMILES string of the molecule is COc1cc(CN2CCN(C/C=C/c3ccccc3)CC2)cc2c1OCO2. The molecule has 4 rings (SSSR count). The van der Waals surface area contributed by atoms with Crippen LogP contribution in [-0.4, -0.2) is 56.4 Å². The van der Waals surface area contributed by atoms with Crippen LogP contribution in [0.25, 0.3) is 6.08 Å². The Balaban J connectivity index is 1.28. The van der Waals surface area contributed by atoms with Gasteiger partial charge in [0.25, 0.3) is 0 Å². The molecule has 0 saturated carbocycles. The van der Waals surface area contributed by atoms with E-state index in [1.807, 2.05) is 6.07 Å². The van der Waals surface area contributed by atoms with Gasteiger partial charge < -0.3 is 14.2 Å². The molecule has 0 bridgehead atoms. The zero-order chi connectivity index (χ0) is 18.5. The Kier molecular flexibility index (Phi) is 5.61. The number of benzene rings is 2. The summed E-state index contributed by atoms with van der Waals surface area (Å²) < 4.78 is 16.5. The van der Waals surface area contributed by atoms with E-state index in [4.69, 9.17) is 14.2 Å². The van der Waals surface area contributed by atoms with Crippen molar-refractivity contribution in [3.05, 3.63) is 59.7 Å². The first-order chi connectivity index (χ1) is 13.3. The molecule has 2 aliphatic heterocycles. The van der Waals surface area contributed by atoms with Crippen molar-refractivity contribution in [1.29, 1.82) is 0 Å². The van der Waals surface area contributed by atoms with Crippen LogP contribution in [0.5, 0.6) is 17.2 Å². The van der Waals surface area contributed by atoms with E-state index in [1.54, 1.807) is 7.11 Å². The van der Waals surface area contributed by atoms with Crippen LogP contribution >= 0.6 is 0 Å². The molecule has 0 N–H and O–H groups in total. The molecule has 0 radical (unpaired) electrons. The van der Waals surface area contributed by atoms with Gasteiger partial charge in [0.05, 0.1) is 7.11 Å². The average Bonchev–Trinajstić information content (AvgIpc) is 3.18. The molecule has 2 aliphatic rings. The minimum atomic E-state index is 0.268. The predicted molar refractivity (Wildman–Crippen MR) is 106 cm³/mol. The Morgan fingerprint density at radius 2 is 1.78 bits per heavy atom. The molecule has 2 aromatic rings. The molecule has 0 aliphatic carbocycles. The maximum atomic E-state index is 5.53. The number of fused-ring (bicyclic) bond motifs is 1. The molecule has 1 fully saturated rings. The van der Waals surface area contributed by atoms with Crippen molar-refractivity contribution in [2.24, 2.45) is 0 Å². The van der Waals surface area contributed by atoms with Gasteiger partial charge in [-0.25, -0.2) is 0 Å². The molecule has 142 valence electrons. The maximum Gasteiger partial charge on any atom is 0.231 e. The van der Waals surface area contributed by atoms with Crippen molar-refractivity contribution >= 4 is 6.08 Å². The van der Waals surface area contributed by atoms with E-state index in [0.29, 0.717) is 0 Å². The Morgan fingerprint density at radius 3 is 2.56 bits per heavy atom. The largest absolute Gasteiger partial charge is 0.493 e. The van der Waals surface area contributed by atoms with Crippen LogP contribution in [0.3, 0.4) is 0 Å². The highest BCUT2D eigenvalue weighted by Crippen LogP contribution is 2.42. The van der Waals surface area contributed by atoms with Gasteiger partial charge in [0, 0.05) is 39.3 Å². The molecule has 0 amide bonds. The number of nitrogens with zero attached hydrogens (tertiary/aromatic N) is 2. The molecule has 0 atom stereocenters. The lowest BCUT2D eigenvalue weighted by atomic mass is 10.1. The summed E-state index contributed by atoms with van der Waals surface area (Å²) in [6.45, 7) is 6.47. The van der Waals surface area contributed by atoms with Crippen molar-refractivity contribution in [1.82, 2.24) is 9.80 Å². The summed E-state index contributed by atoms with van der Waals surface area (Å²) in [6.07, 6.45) is 4.46. The average molecular weight is 366 g/mol. The number of ether oxygens (including phenoxy) is 3. The van der Waals surface area contributed by atoms with Gasteiger partial charge in [0.2, 0.25) is 12.5 Å². The third-order valence-corrected chi connectivity index (χ3v) is 5.06. The molecule has 27 heavy (non-hydrogen) atoms. The molecule has 0 unspecified atom stereocenters. The van der Waals surface area contributed by atoms with E-state index in [2.05, 4.69) is 58.4 Å². The van der Waals surface area contributed by atoms with Gasteiger partial charge in [0.15, 0.2) is 11.5 Å². The van der Waals surface area contributed by atoms with Gasteiger partial charge in [-0.3, -0.25) is 9.80 Å². The molecule has 2 aromatic carbocycles. The predicted octanol–water partition coefficient (Wildman–Crippen LogP) is 3.25. The van der Waals surface area contributed by atoms with Crippen LogP contribution in [-0.2, 0) is 6.54 Å². The van der Waals surface area contributed by atoms with Crippen LogP contribution in [0.4, 0.5) is 0 Å². The van der Waals surface area contributed by atoms with E-state index in [9.17, 15) is 0 Å². The van der Waals surface area contributed by atoms with E-state index in [1.165, 1.54) is 11.1 Å². The van der Waals surface area contributed by atoms with Crippen LogP contribution in [0, 0.1) is 0 Å². The summed E-state index contributed by atoms with van der Waals surface area (Å²) in [4.78, 5) is 4.98. The third-order valence-electron chi connectivity index (χ3n) is 5.06. The number of rotatable bonds is 6. The summed E-state index contributed by atoms with van der Waals surface area (Å²) >= 11 is 0. The Labute approximate surface area is 160 Å². The molecular weight excluding hydrogens is 340 g/mol. The molecule has 5 heteroatoms. The van der Waals surface area contributed by atoms with Crippen LogP contribution in [0.15, 0.2) is 48.5 Å². The van der Waals surface area contributed by atoms with Crippen molar-refractivity contribution in [2.75, 3.05) is 46.6 Å². The van der Waals surface area contributed by atoms with Crippen molar-refractivity contribution in [2.45, 2.75) is 6.54 Å². The second kappa shape index (κ2) is 8.46. The lowest BCUT2D eigenvalue weighted by Crippen LogP contribution is -2.45. The van der Waals surface area contributed by atoms with Gasteiger partial charge in [-0.05, 0) is 23.3 Å². The fourth-order valence-electron chi connectivity index (χ4n) is 3.57. The second-order valence-corrected chi connectivity index (χ2v) is 6.92. The van der Waals surface area contributed by atoms with Crippen molar-refractivity contribution in [3.8, 4) is 17.2 Å². The monoisotopic (exact) mass is 366 g/mol. The summed E-state index contributed by atoms with van der Waals surface area (Å²) in [5.41, 5.74) is 2.46. The molecule has 0 spiro atoms. The standard InChI is InChI=1S/C22H26N2O3/c1-25-20-14-19(15-21-22(20)27-17-26-21)16-24-12-10-23(11-13-24)9-5-8-18-6-3-2-4-7-18/h2-8,14-15H,9-13,16-17H2,1H3/b8-5+. The highest BCUT2D eigenvalue weighted by molar-refractivity contribution is 5.55. The highest BCUT2D eigenvalue weighted by atomic mass is 16.7. The van der Waals surface area contributed by atoms with Gasteiger partial charge in [0.1, 0.15) is 0 Å². The minimum Gasteiger partial charge on any atom is -0.493 e. The highest BCUT2D eigenvalue weighted by Gasteiger charge is 2.22. The fourth-order valence-corrected chi connectivity index (χ4v) is 3.57. The second-order valence-electron chi connectivity index (χ2n) is 6.92. The summed E-state index contributed by atoms with van der Waals surface area (Å²) in [5, 5.41) is 0. The summed E-state index contributed by atoms with van der Waals surface area (Å²) in [6, 6.07) is 14.6. The first kappa shape index (κ1) is 17.9. The van der Waals surface area contributed by atoms with Crippen LogP contribution in [0.1, 0.15) is 11.1 Å². The normalized spacial score (nSPS) is 17.5. The Hall–Kier alpha value is -2.50. The first-order valence-electron chi connectivity index (χ1n) is 9.44. The maximum absolute atomic E-state index is 5.53. The fraction of sp³-hybridized carbons (Fsp3) is 0.364. The number of hydrogen-bond acceptors (Lipinski definition) is 5. The van der Waals surface area contributed by atoms with Crippen molar-refractivity contribution < 1.29 is 14.2 Å². The van der Waals surface area contributed by atoms with Gasteiger partial charge in [-0.15, -0.1) is 0 Å². The Bertz CT molecular complexity index is 784.